The van der Waals surface area contributed by atoms with Gasteiger partial charge >= 0.3 is 0 Å². The highest BCUT2D eigenvalue weighted by atomic mass is 32.2. The zero-order valence-corrected chi connectivity index (χ0v) is 17.2. The zero-order chi connectivity index (χ0) is 20.7. The van der Waals surface area contributed by atoms with Crippen LogP contribution in [0.5, 0.6) is 5.88 Å². The number of ether oxygens (including phenoxy) is 1. The van der Waals surface area contributed by atoms with Crippen LogP contribution < -0.4 is 9.64 Å². The number of aryl methyl sites for hydroxylation is 1. The predicted octanol–water partition coefficient (Wildman–Crippen LogP) is 2.02. The van der Waals surface area contributed by atoms with Crippen LogP contribution in [0.25, 0.3) is 0 Å². The van der Waals surface area contributed by atoms with Gasteiger partial charge in [0.15, 0.2) is 5.82 Å². The van der Waals surface area contributed by atoms with Crippen LogP contribution in [0.3, 0.4) is 0 Å². The minimum absolute atomic E-state index is 0.108. The lowest BCUT2D eigenvalue weighted by Gasteiger charge is -2.28. The van der Waals surface area contributed by atoms with Gasteiger partial charge in [-0.1, -0.05) is 30.3 Å². The quantitative estimate of drug-likeness (QED) is 0.637. The Morgan fingerprint density at radius 1 is 1.03 bits per heavy atom. The maximum absolute atomic E-state index is 13.6. The highest BCUT2D eigenvalue weighted by Gasteiger charge is 2.47. The number of aromatic nitrogens is 3. The molecule has 0 amide bonds. The van der Waals surface area contributed by atoms with Crippen LogP contribution in [0, 0.1) is 6.92 Å². The molecule has 1 aromatic carbocycles. The lowest BCUT2D eigenvalue weighted by molar-refractivity contribution is 0.147. The van der Waals surface area contributed by atoms with Crippen molar-refractivity contribution in [3.8, 4) is 5.88 Å². The summed E-state index contributed by atoms with van der Waals surface area (Å²) >= 11 is 0. The maximum atomic E-state index is 13.6. The molecule has 0 N–H and O–H groups in total. The SMILES string of the molecule is Cc1ccc(N2C[C@H]3Oc4ncccc4S(=O)(=O)N(Cc4ccccc4)[C@H]3C2)nn1. The van der Waals surface area contributed by atoms with E-state index in [9.17, 15) is 8.42 Å². The summed E-state index contributed by atoms with van der Waals surface area (Å²) in [5.41, 5.74) is 1.75. The van der Waals surface area contributed by atoms with Crippen molar-refractivity contribution < 1.29 is 13.2 Å². The molecule has 8 nitrogen and oxygen atoms in total. The van der Waals surface area contributed by atoms with E-state index in [2.05, 4.69) is 15.2 Å². The van der Waals surface area contributed by atoms with Gasteiger partial charge in [0.2, 0.25) is 15.9 Å². The van der Waals surface area contributed by atoms with Crippen LogP contribution in [0.2, 0.25) is 0 Å². The molecule has 4 heterocycles. The van der Waals surface area contributed by atoms with Crippen molar-refractivity contribution in [2.45, 2.75) is 30.5 Å². The summed E-state index contributed by atoms with van der Waals surface area (Å²) in [6.07, 6.45) is 1.18. The second-order valence-electron chi connectivity index (χ2n) is 7.50. The molecule has 3 aromatic rings. The molecule has 0 bridgehead atoms. The van der Waals surface area contributed by atoms with E-state index in [1.165, 1.54) is 0 Å². The Labute approximate surface area is 175 Å². The van der Waals surface area contributed by atoms with E-state index in [1.54, 1.807) is 22.6 Å². The van der Waals surface area contributed by atoms with Crippen molar-refractivity contribution in [1.29, 1.82) is 0 Å². The molecule has 154 valence electrons. The molecule has 2 aliphatic rings. The minimum Gasteiger partial charge on any atom is -0.470 e. The number of pyridine rings is 1. The van der Waals surface area contributed by atoms with Gasteiger partial charge in [0.1, 0.15) is 11.0 Å². The Balaban J connectivity index is 1.56. The van der Waals surface area contributed by atoms with Gasteiger partial charge in [0.25, 0.3) is 0 Å². The molecule has 1 saturated heterocycles. The molecule has 1 fully saturated rings. The van der Waals surface area contributed by atoms with Crippen LogP contribution in [0.15, 0.2) is 65.7 Å². The lowest BCUT2D eigenvalue weighted by atomic mass is 10.1. The summed E-state index contributed by atoms with van der Waals surface area (Å²) in [7, 11) is -3.80. The number of fused-ring (bicyclic) bond motifs is 2. The molecule has 0 spiro atoms. The smallest absolute Gasteiger partial charge is 0.249 e. The zero-order valence-electron chi connectivity index (χ0n) is 16.4. The van der Waals surface area contributed by atoms with Crippen LogP contribution in [-0.2, 0) is 16.6 Å². The van der Waals surface area contributed by atoms with E-state index in [0.29, 0.717) is 18.9 Å². The van der Waals surface area contributed by atoms with Crippen molar-refractivity contribution in [3.05, 3.63) is 72.1 Å². The van der Waals surface area contributed by atoms with E-state index >= 15 is 0 Å². The van der Waals surface area contributed by atoms with Crippen LogP contribution in [0.4, 0.5) is 5.82 Å². The molecule has 0 saturated carbocycles. The second-order valence-corrected chi connectivity index (χ2v) is 9.36. The van der Waals surface area contributed by atoms with Crippen molar-refractivity contribution in [2.75, 3.05) is 18.0 Å². The average Bonchev–Trinajstić information content (AvgIpc) is 3.13. The predicted molar refractivity (Wildman–Crippen MR) is 111 cm³/mol. The first-order valence-corrected chi connectivity index (χ1v) is 11.2. The Kier molecular flexibility index (Phi) is 4.63. The van der Waals surface area contributed by atoms with Crippen molar-refractivity contribution in [3.63, 3.8) is 0 Å². The van der Waals surface area contributed by atoms with Gasteiger partial charge in [0.05, 0.1) is 18.3 Å². The summed E-state index contributed by atoms with van der Waals surface area (Å²) in [4.78, 5) is 6.34. The largest absolute Gasteiger partial charge is 0.470 e. The van der Waals surface area contributed by atoms with Crippen molar-refractivity contribution in [2.24, 2.45) is 0 Å². The Morgan fingerprint density at radius 2 is 1.87 bits per heavy atom. The summed E-state index contributed by atoms with van der Waals surface area (Å²) < 4.78 is 34.9. The van der Waals surface area contributed by atoms with Gasteiger partial charge in [0, 0.05) is 19.3 Å². The number of sulfonamides is 1. The van der Waals surface area contributed by atoms with Crippen LogP contribution in [0.1, 0.15) is 11.3 Å². The highest BCUT2D eigenvalue weighted by Crippen LogP contribution is 2.36. The first-order chi connectivity index (χ1) is 14.5. The fraction of sp³-hybridized carbons (Fsp3) is 0.286. The highest BCUT2D eigenvalue weighted by molar-refractivity contribution is 7.89. The Morgan fingerprint density at radius 3 is 2.63 bits per heavy atom. The van der Waals surface area contributed by atoms with E-state index in [-0.39, 0.29) is 29.5 Å². The molecular weight excluding hydrogens is 402 g/mol. The summed E-state index contributed by atoms with van der Waals surface area (Å²) in [5, 5.41) is 8.40. The molecule has 0 unspecified atom stereocenters. The normalized spacial score (nSPS) is 22.6. The fourth-order valence-corrected chi connectivity index (χ4v) is 5.67. The second kappa shape index (κ2) is 7.33. The number of hydrogen-bond acceptors (Lipinski definition) is 7. The van der Waals surface area contributed by atoms with Gasteiger partial charge in [-0.2, -0.15) is 9.40 Å². The number of rotatable bonds is 3. The van der Waals surface area contributed by atoms with E-state index in [0.717, 1.165) is 11.3 Å². The van der Waals surface area contributed by atoms with Gasteiger partial charge < -0.3 is 9.64 Å². The van der Waals surface area contributed by atoms with Crippen molar-refractivity contribution in [1.82, 2.24) is 19.5 Å². The molecule has 2 aromatic heterocycles. The Bertz CT molecular complexity index is 1150. The number of anilines is 1. The van der Waals surface area contributed by atoms with Gasteiger partial charge in [-0.15, -0.1) is 5.10 Å². The molecular formula is C21H21N5O3S. The fourth-order valence-electron chi connectivity index (χ4n) is 3.97. The van der Waals surface area contributed by atoms with Crippen LogP contribution in [-0.4, -0.2) is 53.1 Å². The first kappa shape index (κ1) is 19.0. The van der Waals surface area contributed by atoms with Crippen molar-refractivity contribution >= 4 is 15.8 Å². The maximum Gasteiger partial charge on any atom is 0.249 e. The van der Waals surface area contributed by atoms with E-state index in [1.807, 2.05) is 54.3 Å². The summed E-state index contributed by atoms with van der Waals surface area (Å²) in [5.74, 6) is 0.857. The molecule has 0 radical (unpaired) electrons. The van der Waals surface area contributed by atoms with Crippen LogP contribution >= 0.6 is 0 Å². The molecule has 0 aliphatic carbocycles. The standard InChI is InChI=1S/C21H21N5O3S/c1-15-9-10-20(24-23-15)25-13-17-18(14-25)29-21-19(8-5-11-22-21)30(27,28)26(17)12-16-6-3-2-4-7-16/h2-11,17-18H,12-14H2,1H3/t17-,18+/m0/s1. The molecule has 30 heavy (non-hydrogen) atoms. The Hall–Kier alpha value is -3.04. The van der Waals surface area contributed by atoms with E-state index < -0.39 is 10.0 Å². The molecule has 5 rings (SSSR count). The first-order valence-electron chi connectivity index (χ1n) is 9.75. The van der Waals surface area contributed by atoms with Gasteiger partial charge in [-0.25, -0.2) is 13.4 Å². The third-order valence-corrected chi connectivity index (χ3v) is 7.37. The monoisotopic (exact) mass is 423 g/mol. The summed E-state index contributed by atoms with van der Waals surface area (Å²) in [6, 6.07) is 16.2. The minimum atomic E-state index is -3.80. The third-order valence-electron chi connectivity index (χ3n) is 5.48. The third kappa shape index (κ3) is 3.29. The average molecular weight is 423 g/mol. The van der Waals surface area contributed by atoms with E-state index in [4.69, 9.17) is 4.74 Å². The number of nitrogens with zero attached hydrogens (tertiary/aromatic N) is 5. The molecule has 2 aliphatic heterocycles. The number of benzene rings is 1. The van der Waals surface area contributed by atoms with Gasteiger partial charge in [-0.3, -0.25) is 0 Å². The summed E-state index contributed by atoms with van der Waals surface area (Å²) in [6.45, 7) is 3.10. The number of hydrogen-bond donors (Lipinski definition) is 0. The van der Waals surface area contributed by atoms with Gasteiger partial charge in [-0.05, 0) is 36.8 Å². The topological polar surface area (TPSA) is 88.5 Å². The molecule has 2 atom stereocenters. The lowest BCUT2D eigenvalue weighted by Crippen LogP contribution is -2.46. The molecule has 9 heteroatoms.